The molecule has 1 N–H and O–H groups in total. The van der Waals surface area contributed by atoms with E-state index in [-0.39, 0.29) is 24.1 Å². The number of halogens is 3. The number of aromatic amines is 1. The Kier molecular flexibility index (Phi) is 3.67. The molecule has 5 nitrogen and oxygen atoms in total. The summed E-state index contributed by atoms with van der Waals surface area (Å²) < 4.78 is 43.4. The van der Waals surface area contributed by atoms with Crippen LogP contribution in [0, 0.1) is 0 Å². The van der Waals surface area contributed by atoms with Gasteiger partial charge >= 0.3 is 11.9 Å². The van der Waals surface area contributed by atoms with Crippen LogP contribution < -0.4 is 11.2 Å². The molecule has 0 radical (unpaired) electrons. The first-order valence-electron chi connectivity index (χ1n) is 5.67. The quantitative estimate of drug-likeness (QED) is 0.927. The summed E-state index contributed by atoms with van der Waals surface area (Å²) in [5, 5.41) is 0.0219. The van der Waals surface area contributed by atoms with Gasteiger partial charge in [-0.1, -0.05) is 0 Å². The molecular weight excluding hydrogens is 277 g/mol. The van der Waals surface area contributed by atoms with Crippen molar-refractivity contribution in [2.24, 2.45) is 0 Å². The molecule has 0 saturated carbocycles. The summed E-state index contributed by atoms with van der Waals surface area (Å²) in [4.78, 5) is 26.0. The monoisotopic (exact) mass is 288 g/mol. The zero-order valence-corrected chi connectivity index (χ0v) is 10.5. The van der Waals surface area contributed by atoms with Gasteiger partial charge in [-0.2, -0.15) is 13.2 Å². The van der Waals surface area contributed by atoms with Gasteiger partial charge in [0.05, 0.1) is 29.6 Å². The van der Waals surface area contributed by atoms with Crippen LogP contribution in [0.2, 0.25) is 0 Å². The third kappa shape index (κ3) is 2.60. The fourth-order valence-electron chi connectivity index (χ4n) is 1.82. The van der Waals surface area contributed by atoms with Crippen LogP contribution in [0.4, 0.5) is 13.2 Å². The molecule has 108 valence electrons. The second-order valence-electron chi connectivity index (χ2n) is 4.14. The van der Waals surface area contributed by atoms with Crippen molar-refractivity contribution >= 4 is 10.9 Å². The molecule has 1 heterocycles. The first kappa shape index (κ1) is 14.3. The highest BCUT2D eigenvalue weighted by Crippen LogP contribution is 2.30. The van der Waals surface area contributed by atoms with E-state index in [0.717, 1.165) is 22.8 Å². The lowest BCUT2D eigenvalue weighted by atomic mass is 10.1. The van der Waals surface area contributed by atoms with Crippen LogP contribution in [0.15, 0.2) is 27.8 Å². The highest BCUT2D eigenvalue weighted by atomic mass is 19.4. The Morgan fingerprint density at radius 3 is 2.60 bits per heavy atom. The van der Waals surface area contributed by atoms with E-state index in [4.69, 9.17) is 4.74 Å². The summed E-state index contributed by atoms with van der Waals surface area (Å²) >= 11 is 0. The molecule has 2 rings (SSSR count). The van der Waals surface area contributed by atoms with E-state index in [9.17, 15) is 22.8 Å². The van der Waals surface area contributed by atoms with Crippen LogP contribution in [0.5, 0.6) is 0 Å². The van der Waals surface area contributed by atoms with Crippen LogP contribution >= 0.6 is 0 Å². The average molecular weight is 288 g/mol. The van der Waals surface area contributed by atoms with Crippen molar-refractivity contribution in [3.8, 4) is 0 Å². The van der Waals surface area contributed by atoms with Crippen molar-refractivity contribution in [2.75, 3.05) is 13.7 Å². The van der Waals surface area contributed by atoms with E-state index in [2.05, 4.69) is 4.98 Å². The van der Waals surface area contributed by atoms with Gasteiger partial charge in [0.1, 0.15) is 0 Å². The Morgan fingerprint density at radius 2 is 2.00 bits per heavy atom. The van der Waals surface area contributed by atoms with Crippen LogP contribution in [0.3, 0.4) is 0 Å². The minimum atomic E-state index is -4.53. The van der Waals surface area contributed by atoms with Crippen LogP contribution in [0.1, 0.15) is 5.56 Å². The van der Waals surface area contributed by atoms with Gasteiger partial charge in [0.2, 0.25) is 0 Å². The van der Waals surface area contributed by atoms with E-state index in [1.54, 1.807) is 0 Å². The molecule has 0 saturated heterocycles. The molecule has 0 fully saturated rings. The summed E-state index contributed by atoms with van der Waals surface area (Å²) in [7, 11) is 1.41. The summed E-state index contributed by atoms with van der Waals surface area (Å²) in [6, 6.07) is 2.61. The molecule has 0 unspecified atom stereocenters. The Labute approximate surface area is 110 Å². The molecule has 1 aromatic heterocycles. The van der Waals surface area contributed by atoms with Crippen LogP contribution in [0.25, 0.3) is 10.9 Å². The minimum Gasteiger partial charge on any atom is -0.383 e. The molecular formula is C12H11F3N2O3. The third-order valence-electron chi connectivity index (χ3n) is 2.83. The number of H-pyrrole nitrogens is 1. The number of rotatable bonds is 3. The van der Waals surface area contributed by atoms with Crippen molar-refractivity contribution in [2.45, 2.75) is 12.7 Å². The van der Waals surface area contributed by atoms with Gasteiger partial charge in [0.15, 0.2) is 0 Å². The highest BCUT2D eigenvalue weighted by molar-refractivity contribution is 5.78. The number of hydrogen-bond donors (Lipinski definition) is 1. The van der Waals surface area contributed by atoms with E-state index < -0.39 is 23.0 Å². The number of nitrogens with zero attached hydrogens (tertiary/aromatic N) is 1. The maximum Gasteiger partial charge on any atom is 0.416 e. The number of aromatic nitrogens is 2. The van der Waals surface area contributed by atoms with E-state index >= 15 is 0 Å². The summed E-state index contributed by atoms with van der Waals surface area (Å²) in [6.07, 6.45) is -4.53. The molecule has 2 aromatic rings. The van der Waals surface area contributed by atoms with Crippen LogP contribution in [-0.2, 0) is 17.5 Å². The lowest BCUT2D eigenvalue weighted by molar-refractivity contribution is -0.137. The lowest BCUT2D eigenvalue weighted by Gasteiger charge is -2.09. The molecule has 1 aromatic carbocycles. The Morgan fingerprint density at radius 1 is 1.30 bits per heavy atom. The first-order chi connectivity index (χ1) is 9.34. The van der Waals surface area contributed by atoms with Gasteiger partial charge in [-0.05, 0) is 18.2 Å². The van der Waals surface area contributed by atoms with Crippen molar-refractivity contribution in [1.82, 2.24) is 9.55 Å². The SMILES string of the molecule is COCCn1c(=O)[nH]c2cc(C(F)(F)F)ccc2c1=O. The van der Waals surface area contributed by atoms with Gasteiger partial charge in [-0.25, -0.2) is 4.79 Å². The highest BCUT2D eigenvalue weighted by Gasteiger charge is 2.30. The first-order valence-corrected chi connectivity index (χ1v) is 5.67. The standard InChI is InChI=1S/C12H11F3N2O3/c1-20-5-4-17-10(18)8-3-2-7(12(13,14)15)6-9(8)16-11(17)19/h2-3,6H,4-5H2,1H3,(H,16,19). The smallest absolute Gasteiger partial charge is 0.383 e. The zero-order chi connectivity index (χ0) is 14.9. The fraction of sp³-hybridized carbons (Fsp3) is 0.333. The Balaban J connectivity index is 2.64. The summed E-state index contributed by atoms with van der Waals surface area (Å²) in [5.74, 6) is 0. The number of alkyl halides is 3. The fourth-order valence-corrected chi connectivity index (χ4v) is 1.82. The van der Waals surface area contributed by atoms with E-state index in [1.165, 1.54) is 7.11 Å². The maximum absolute atomic E-state index is 12.6. The molecule has 0 bridgehead atoms. The van der Waals surface area contributed by atoms with Gasteiger partial charge in [-0.15, -0.1) is 0 Å². The topological polar surface area (TPSA) is 64.1 Å². The van der Waals surface area contributed by atoms with Gasteiger partial charge < -0.3 is 9.72 Å². The van der Waals surface area contributed by atoms with E-state index in [1.807, 2.05) is 0 Å². The number of hydrogen-bond acceptors (Lipinski definition) is 3. The number of methoxy groups -OCH3 is 1. The van der Waals surface area contributed by atoms with E-state index in [0.29, 0.717) is 0 Å². The summed E-state index contributed by atoms with van der Waals surface area (Å²) in [5.41, 5.74) is -2.47. The predicted octanol–water partition coefficient (Wildman–Crippen LogP) is 1.35. The Hall–Kier alpha value is -2.09. The molecule has 0 amide bonds. The van der Waals surface area contributed by atoms with Gasteiger partial charge in [0.25, 0.3) is 5.56 Å². The second kappa shape index (κ2) is 5.12. The largest absolute Gasteiger partial charge is 0.416 e. The second-order valence-corrected chi connectivity index (χ2v) is 4.14. The zero-order valence-electron chi connectivity index (χ0n) is 10.5. The summed E-state index contributed by atoms with van der Waals surface area (Å²) in [6.45, 7) is 0.177. The molecule has 20 heavy (non-hydrogen) atoms. The van der Waals surface area contributed by atoms with Crippen molar-refractivity contribution < 1.29 is 17.9 Å². The molecule has 0 spiro atoms. The number of ether oxygens (including phenoxy) is 1. The van der Waals surface area contributed by atoms with Gasteiger partial charge in [-0.3, -0.25) is 9.36 Å². The minimum absolute atomic E-state index is 0.0219. The Bertz CT molecular complexity index is 746. The normalized spacial score (nSPS) is 12.0. The molecule has 0 aliphatic heterocycles. The molecule has 0 aliphatic carbocycles. The molecule has 0 atom stereocenters. The predicted molar refractivity (Wildman–Crippen MR) is 65.7 cm³/mol. The lowest BCUT2D eigenvalue weighted by Crippen LogP contribution is -2.36. The van der Waals surface area contributed by atoms with Crippen molar-refractivity contribution in [1.29, 1.82) is 0 Å². The van der Waals surface area contributed by atoms with Crippen LogP contribution in [-0.4, -0.2) is 23.3 Å². The molecule has 8 heteroatoms. The number of nitrogens with one attached hydrogen (secondary N) is 1. The van der Waals surface area contributed by atoms with Crippen molar-refractivity contribution in [3.63, 3.8) is 0 Å². The number of fused-ring (bicyclic) bond motifs is 1. The average Bonchev–Trinajstić information content (AvgIpc) is 2.37. The third-order valence-corrected chi connectivity index (χ3v) is 2.83. The maximum atomic E-state index is 12.6. The van der Waals surface area contributed by atoms with Gasteiger partial charge in [0, 0.05) is 7.11 Å². The molecule has 0 aliphatic rings. The number of benzene rings is 1. The van der Waals surface area contributed by atoms with Crippen molar-refractivity contribution in [3.05, 3.63) is 44.6 Å².